The van der Waals surface area contributed by atoms with Crippen molar-refractivity contribution in [3.63, 3.8) is 0 Å². The average molecular weight is 190 g/mol. The molecule has 1 aliphatic rings. The molecule has 1 aliphatic heterocycles. The maximum absolute atomic E-state index is 10.6. The first-order valence-corrected chi connectivity index (χ1v) is 3.39. The first kappa shape index (κ1) is 8.99. The van der Waals surface area contributed by atoms with Crippen molar-refractivity contribution in [2.75, 3.05) is 0 Å². The molecule has 0 fully saturated rings. The van der Waals surface area contributed by atoms with Gasteiger partial charge < -0.3 is 9.67 Å². The predicted molar refractivity (Wildman–Crippen MR) is 42.3 cm³/mol. The summed E-state index contributed by atoms with van der Waals surface area (Å²) in [6, 6.07) is 0. The number of carboxylic acids is 1. The molecule has 12 heavy (non-hydrogen) atoms. The molecule has 5 nitrogen and oxygen atoms in total. The van der Waals surface area contributed by atoms with Gasteiger partial charge in [0.1, 0.15) is 18.1 Å². The van der Waals surface area contributed by atoms with Crippen LogP contribution in [0.15, 0.2) is 6.33 Å². The molecule has 1 aromatic heterocycles. The zero-order valence-corrected chi connectivity index (χ0v) is 6.99. The number of nitrogens with zero attached hydrogens (tertiary/aromatic N) is 3. The van der Waals surface area contributed by atoms with Crippen LogP contribution in [-0.4, -0.2) is 25.8 Å². The summed E-state index contributed by atoms with van der Waals surface area (Å²) in [7, 11) is 0. The van der Waals surface area contributed by atoms with Crippen LogP contribution >= 0.6 is 12.4 Å². The Morgan fingerprint density at radius 2 is 2.50 bits per heavy atom. The number of aliphatic carboxylic acids is 1. The van der Waals surface area contributed by atoms with Gasteiger partial charge in [-0.05, 0) is 6.42 Å². The van der Waals surface area contributed by atoms with E-state index in [0.717, 1.165) is 6.54 Å². The number of halogens is 1. The standard InChI is InChI=1S/C6H7N3O2.ClH/c10-6(11)4-1-2-9-3-7-8-5(4)9;/h3-4H,1-2H2,(H,10,11);1H. The fraction of sp³-hybridized carbons (Fsp3) is 0.500. The van der Waals surface area contributed by atoms with E-state index in [4.69, 9.17) is 5.11 Å². The van der Waals surface area contributed by atoms with Crippen molar-refractivity contribution >= 4 is 18.4 Å². The highest BCUT2D eigenvalue weighted by Gasteiger charge is 2.30. The maximum Gasteiger partial charge on any atom is 0.314 e. The second kappa shape index (κ2) is 3.10. The smallest absolute Gasteiger partial charge is 0.314 e. The van der Waals surface area contributed by atoms with Crippen molar-refractivity contribution < 1.29 is 9.90 Å². The molecule has 1 unspecified atom stereocenters. The Balaban J connectivity index is 0.000000720. The van der Waals surface area contributed by atoms with Gasteiger partial charge in [-0.3, -0.25) is 4.79 Å². The molecular weight excluding hydrogens is 182 g/mol. The van der Waals surface area contributed by atoms with Crippen LogP contribution in [0.1, 0.15) is 18.2 Å². The summed E-state index contributed by atoms with van der Waals surface area (Å²) in [5.41, 5.74) is 0. The van der Waals surface area contributed by atoms with Crippen LogP contribution in [0.25, 0.3) is 0 Å². The Bertz CT molecular complexity index is 299. The summed E-state index contributed by atoms with van der Waals surface area (Å²) in [5, 5.41) is 16.1. The predicted octanol–water partition coefficient (Wildman–Crippen LogP) is 0.272. The topological polar surface area (TPSA) is 68.0 Å². The third-order valence-electron chi connectivity index (χ3n) is 1.91. The van der Waals surface area contributed by atoms with Crippen molar-refractivity contribution in [1.29, 1.82) is 0 Å². The molecule has 2 heterocycles. The van der Waals surface area contributed by atoms with Crippen LogP contribution < -0.4 is 0 Å². The number of aromatic nitrogens is 3. The quantitative estimate of drug-likeness (QED) is 0.689. The van der Waals surface area contributed by atoms with Gasteiger partial charge >= 0.3 is 5.97 Å². The molecule has 6 heteroatoms. The summed E-state index contributed by atoms with van der Waals surface area (Å²) in [4.78, 5) is 10.6. The fourth-order valence-corrected chi connectivity index (χ4v) is 1.34. The number of carboxylic acid groups (broad SMARTS) is 1. The Labute approximate surface area is 74.8 Å². The van der Waals surface area contributed by atoms with Gasteiger partial charge in [0.15, 0.2) is 0 Å². The number of carbonyl (C=O) groups is 1. The van der Waals surface area contributed by atoms with Crippen LogP contribution in [0.3, 0.4) is 0 Å². The van der Waals surface area contributed by atoms with Gasteiger partial charge in [0.05, 0.1) is 0 Å². The Hall–Kier alpha value is -1.10. The van der Waals surface area contributed by atoms with E-state index in [9.17, 15) is 4.79 Å². The minimum atomic E-state index is -0.809. The Kier molecular flexibility index (Phi) is 2.32. The van der Waals surface area contributed by atoms with Crippen LogP contribution in [0.4, 0.5) is 0 Å². The molecule has 1 atom stereocenters. The van der Waals surface area contributed by atoms with E-state index in [-0.39, 0.29) is 12.4 Å². The lowest BCUT2D eigenvalue weighted by Gasteiger charge is -1.97. The Morgan fingerprint density at radius 1 is 1.75 bits per heavy atom. The lowest BCUT2D eigenvalue weighted by atomic mass is 10.1. The van der Waals surface area contributed by atoms with Gasteiger partial charge in [0.25, 0.3) is 0 Å². The van der Waals surface area contributed by atoms with E-state index in [2.05, 4.69) is 10.2 Å². The average Bonchev–Trinajstić information content (AvgIpc) is 2.41. The molecule has 66 valence electrons. The van der Waals surface area contributed by atoms with Crippen LogP contribution in [0.5, 0.6) is 0 Å². The van der Waals surface area contributed by atoms with Crippen LogP contribution in [-0.2, 0) is 11.3 Å². The van der Waals surface area contributed by atoms with Gasteiger partial charge in [0.2, 0.25) is 0 Å². The summed E-state index contributed by atoms with van der Waals surface area (Å²) in [5.74, 6) is -0.674. The van der Waals surface area contributed by atoms with Gasteiger partial charge in [0, 0.05) is 6.54 Å². The first-order valence-electron chi connectivity index (χ1n) is 3.39. The minimum absolute atomic E-state index is 0. The van der Waals surface area contributed by atoms with E-state index in [1.165, 1.54) is 0 Å². The molecule has 0 amide bonds. The molecule has 0 saturated heterocycles. The lowest BCUT2D eigenvalue weighted by molar-refractivity contribution is -0.138. The van der Waals surface area contributed by atoms with E-state index in [0.29, 0.717) is 12.2 Å². The third-order valence-corrected chi connectivity index (χ3v) is 1.91. The molecule has 0 aliphatic carbocycles. The summed E-state index contributed by atoms with van der Waals surface area (Å²) in [6.07, 6.45) is 2.21. The fourth-order valence-electron chi connectivity index (χ4n) is 1.34. The number of hydrogen-bond acceptors (Lipinski definition) is 3. The minimum Gasteiger partial charge on any atom is -0.481 e. The highest BCUT2D eigenvalue weighted by molar-refractivity contribution is 5.85. The number of hydrogen-bond donors (Lipinski definition) is 1. The summed E-state index contributed by atoms with van der Waals surface area (Å²) < 4.78 is 1.78. The molecule has 0 aromatic carbocycles. The zero-order valence-electron chi connectivity index (χ0n) is 6.17. The monoisotopic (exact) mass is 189 g/mol. The normalized spacial score (nSPS) is 19.8. The van der Waals surface area contributed by atoms with Crippen molar-refractivity contribution in [1.82, 2.24) is 14.8 Å². The summed E-state index contributed by atoms with van der Waals surface area (Å²) >= 11 is 0. The number of rotatable bonds is 1. The molecule has 0 radical (unpaired) electrons. The summed E-state index contributed by atoms with van der Waals surface area (Å²) in [6.45, 7) is 0.722. The van der Waals surface area contributed by atoms with E-state index < -0.39 is 11.9 Å². The Morgan fingerprint density at radius 3 is 3.17 bits per heavy atom. The largest absolute Gasteiger partial charge is 0.481 e. The van der Waals surface area contributed by atoms with Crippen molar-refractivity contribution in [2.45, 2.75) is 18.9 Å². The molecule has 2 rings (SSSR count). The first-order chi connectivity index (χ1) is 5.29. The van der Waals surface area contributed by atoms with E-state index in [1.807, 2.05) is 0 Å². The highest BCUT2D eigenvalue weighted by Crippen LogP contribution is 2.24. The van der Waals surface area contributed by atoms with Gasteiger partial charge in [-0.2, -0.15) is 0 Å². The van der Waals surface area contributed by atoms with E-state index in [1.54, 1.807) is 10.9 Å². The van der Waals surface area contributed by atoms with E-state index >= 15 is 0 Å². The number of fused-ring (bicyclic) bond motifs is 1. The van der Waals surface area contributed by atoms with Crippen molar-refractivity contribution in [2.24, 2.45) is 0 Å². The van der Waals surface area contributed by atoms with Crippen molar-refractivity contribution in [3.8, 4) is 0 Å². The number of aryl methyl sites for hydroxylation is 1. The van der Waals surface area contributed by atoms with Crippen LogP contribution in [0.2, 0.25) is 0 Å². The second-order valence-corrected chi connectivity index (χ2v) is 2.56. The SMILES string of the molecule is Cl.O=C(O)C1CCn2cnnc21. The zero-order chi connectivity index (χ0) is 7.84. The lowest BCUT2D eigenvalue weighted by Crippen LogP contribution is -2.09. The molecule has 1 aromatic rings. The molecule has 0 saturated carbocycles. The van der Waals surface area contributed by atoms with Crippen molar-refractivity contribution in [3.05, 3.63) is 12.2 Å². The maximum atomic E-state index is 10.6. The second-order valence-electron chi connectivity index (χ2n) is 2.56. The van der Waals surface area contributed by atoms with Gasteiger partial charge in [-0.1, -0.05) is 0 Å². The third kappa shape index (κ3) is 1.16. The van der Waals surface area contributed by atoms with Crippen LogP contribution in [0, 0.1) is 0 Å². The molecule has 0 bridgehead atoms. The molecule has 0 spiro atoms. The van der Waals surface area contributed by atoms with Gasteiger partial charge in [-0.25, -0.2) is 0 Å². The highest BCUT2D eigenvalue weighted by atomic mass is 35.5. The molecular formula is C6H8ClN3O2. The molecule has 1 N–H and O–H groups in total. The van der Waals surface area contributed by atoms with Gasteiger partial charge in [-0.15, -0.1) is 22.6 Å².